The molecule has 0 aromatic carbocycles. The van der Waals surface area contributed by atoms with Crippen molar-refractivity contribution in [3.63, 3.8) is 0 Å². The van der Waals surface area contributed by atoms with Crippen LogP contribution in [0.1, 0.15) is 13.8 Å². The molecular weight excluding hydrogens is 176 g/mol. The Bertz CT molecular complexity index is 286. The van der Waals surface area contributed by atoms with Crippen LogP contribution in [0, 0.1) is 0 Å². The van der Waals surface area contributed by atoms with E-state index in [0.717, 1.165) is 5.57 Å². The maximum atomic E-state index is 4.83. The van der Waals surface area contributed by atoms with Gasteiger partial charge in [0.1, 0.15) is 0 Å². The zero-order valence-corrected chi connectivity index (χ0v) is 8.90. The van der Waals surface area contributed by atoms with Crippen molar-refractivity contribution in [3.05, 3.63) is 36.5 Å². The Hall–Kier alpha value is -1.64. The monoisotopic (exact) mass is 192 g/mol. The molecule has 14 heavy (non-hydrogen) atoms. The molecule has 0 bridgehead atoms. The molecule has 0 aliphatic heterocycles. The van der Waals surface area contributed by atoms with Crippen molar-refractivity contribution in [3.8, 4) is 0 Å². The van der Waals surface area contributed by atoms with Crippen LogP contribution < -0.4 is 0 Å². The molecule has 0 fully saturated rings. The van der Waals surface area contributed by atoms with Gasteiger partial charge in [0.2, 0.25) is 5.90 Å². The Morgan fingerprint density at radius 1 is 1.43 bits per heavy atom. The van der Waals surface area contributed by atoms with Crippen molar-refractivity contribution in [2.75, 3.05) is 7.11 Å². The molecule has 0 N–H and O–H groups in total. The zero-order valence-electron chi connectivity index (χ0n) is 8.90. The summed E-state index contributed by atoms with van der Waals surface area (Å²) in [7, 11) is 1.56. The van der Waals surface area contributed by atoms with E-state index in [2.05, 4.69) is 16.8 Å². The topological polar surface area (TPSA) is 34.0 Å². The predicted octanol–water partition coefficient (Wildman–Crippen LogP) is 2.73. The lowest BCUT2D eigenvalue weighted by Gasteiger charge is -1.92. The van der Waals surface area contributed by atoms with Gasteiger partial charge in [-0.2, -0.15) is 5.10 Å². The molecule has 0 aromatic heterocycles. The number of allylic oxidation sites excluding steroid dienone is 5. The van der Waals surface area contributed by atoms with E-state index < -0.39 is 0 Å². The van der Waals surface area contributed by atoms with Gasteiger partial charge in [-0.3, -0.25) is 0 Å². The molecule has 0 amide bonds. The van der Waals surface area contributed by atoms with E-state index in [1.807, 2.05) is 25.2 Å². The third-order valence-corrected chi connectivity index (χ3v) is 1.37. The number of methoxy groups -OCH3 is 1. The highest BCUT2D eigenvalue weighted by Gasteiger charge is 1.84. The second kappa shape index (κ2) is 7.98. The average molecular weight is 192 g/mol. The van der Waals surface area contributed by atoms with Gasteiger partial charge in [-0.1, -0.05) is 30.9 Å². The summed E-state index contributed by atoms with van der Waals surface area (Å²) in [5.74, 6) is 0.527. The first-order chi connectivity index (χ1) is 6.74. The van der Waals surface area contributed by atoms with Gasteiger partial charge in [-0.15, -0.1) is 5.10 Å². The first-order valence-electron chi connectivity index (χ1n) is 4.31. The summed E-state index contributed by atoms with van der Waals surface area (Å²) < 4.78 is 4.83. The molecular formula is C11H16N2O. The third-order valence-electron chi connectivity index (χ3n) is 1.37. The molecule has 0 spiro atoms. The fourth-order valence-electron chi connectivity index (χ4n) is 0.688. The molecule has 0 aliphatic carbocycles. The molecule has 0 radical (unpaired) electrons. The zero-order chi connectivity index (χ0) is 10.8. The molecule has 3 nitrogen and oxygen atoms in total. The van der Waals surface area contributed by atoms with Crippen molar-refractivity contribution in [1.29, 1.82) is 0 Å². The molecule has 0 saturated heterocycles. The van der Waals surface area contributed by atoms with Gasteiger partial charge in [0.05, 0.1) is 13.3 Å². The lowest BCUT2D eigenvalue weighted by Crippen LogP contribution is -1.91. The van der Waals surface area contributed by atoms with Gasteiger partial charge in [0.25, 0.3) is 0 Å². The highest BCUT2D eigenvalue weighted by molar-refractivity contribution is 5.83. The van der Waals surface area contributed by atoms with Crippen LogP contribution in [0.15, 0.2) is 46.7 Å². The van der Waals surface area contributed by atoms with Gasteiger partial charge in [-0.05, 0) is 12.5 Å². The Kier molecular flexibility index (Phi) is 7.05. The fourth-order valence-corrected chi connectivity index (χ4v) is 0.688. The van der Waals surface area contributed by atoms with Crippen LogP contribution in [0.4, 0.5) is 0 Å². The van der Waals surface area contributed by atoms with Gasteiger partial charge in [-0.25, -0.2) is 0 Å². The van der Waals surface area contributed by atoms with Crippen molar-refractivity contribution < 1.29 is 4.74 Å². The minimum atomic E-state index is 0.527. The number of ether oxygens (including phenoxy) is 1. The predicted molar refractivity (Wildman–Crippen MR) is 61.7 cm³/mol. The summed E-state index contributed by atoms with van der Waals surface area (Å²) in [5.41, 5.74) is 0.940. The number of nitrogens with zero attached hydrogens (tertiary/aromatic N) is 2. The normalized spacial score (nSPS) is 13.9. The minimum absolute atomic E-state index is 0.527. The highest BCUT2D eigenvalue weighted by atomic mass is 16.5. The van der Waals surface area contributed by atoms with Crippen molar-refractivity contribution in [2.24, 2.45) is 10.2 Å². The van der Waals surface area contributed by atoms with Crippen LogP contribution in [0.3, 0.4) is 0 Å². The summed E-state index contributed by atoms with van der Waals surface area (Å²) in [6.07, 6.45) is 9.04. The van der Waals surface area contributed by atoms with E-state index in [4.69, 9.17) is 4.74 Å². The summed E-state index contributed by atoms with van der Waals surface area (Å²) >= 11 is 0. The Labute approximate surface area is 85.2 Å². The quantitative estimate of drug-likeness (QED) is 0.292. The average Bonchev–Trinajstić information content (AvgIpc) is 2.18. The summed E-state index contributed by atoms with van der Waals surface area (Å²) in [6.45, 7) is 7.29. The van der Waals surface area contributed by atoms with Crippen LogP contribution in [0.25, 0.3) is 0 Å². The lowest BCUT2D eigenvalue weighted by molar-refractivity contribution is 0.398. The Morgan fingerprint density at radius 3 is 2.64 bits per heavy atom. The Morgan fingerprint density at radius 2 is 2.14 bits per heavy atom. The maximum absolute atomic E-state index is 4.83. The SMILES string of the molecule is C=C/C=C(C=CC)/C=N/N=C(/C)OC. The van der Waals surface area contributed by atoms with Gasteiger partial charge >= 0.3 is 0 Å². The van der Waals surface area contributed by atoms with Crippen LogP contribution in [0.5, 0.6) is 0 Å². The lowest BCUT2D eigenvalue weighted by atomic mass is 10.2. The molecule has 0 unspecified atom stereocenters. The van der Waals surface area contributed by atoms with Crippen molar-refractivity contribution in [2.45, 2.75) is 13.8 Å². The number of hydrogen-bond acceptors (Lipinski definition) is 3. The van der Waals surface area contributed by atoms with E-state index in [1.54, 1.807) is 26.3 Å². The van der Waals surface area contributed by atoms with Crippen molar-refractivity contribution >= 4 is 12.1 Å². The first kappa shape index (κ1) is 12.4. The number of hydrogen-bond donors (Lipinski definition) is 0. The van der Waals surface area contributed by atoms with E-state index in [1.165, 1.54) is 0 Å². The standard InChI is InChI=1S/C11H16N2O/c1-5-7-11(8-6-2)9-12-13-10(3)14-4/h5-9H,1H2,2-4H3/b8-6?,11-7+,12-9+,13-10-. The fraction of sp³-hybridized carbons (Fsp3) is 0.273. The largest absolute Gasteiger partial charge is 0.483 e. The molecule has 0 heterocycles. The molecule has 3 heteroatoms. The second-order valence-electron chi connectivity index (χ2n) is 2.47. The number of rotatable bonds is 4. The van der Waals surface area contributed by atoms with Crippen LogP contribution >= 0.6 is 0 Å². The highest BCUT2D eigenvalue weighted by Crippen LogP contribution is 1.94. The smallest absolute Gasteiger partial charge is 0.205 e. The minimum Gasteiger partial charge on any atom is -0.483 e. The Balaban J connectivity index is 4.45. The van der Waals surface area contributed by atoms with Crippen LogP contribution in [0.2, 0.25) is 0 Å². The van der Waals surface area contributed by atoms with E-state index in [-0.39, 0.29) is 0 Å². The summed E-state index contributed by atoms with van der Waals surface area (Å²) in [6, 6.07) is 0. The molecule has 0 saturated carbocycles. The van der Waals surface area contributed by atoms with Crippen molar-refractivity contribution in [1.82, 2.24) is 0 Å². The molecule has 0 atom stereocenters. The second-order valence-corrected chi connectivity index (χ2v) is 2.47. The van der Waals surface area contributed by atoms with Gasteiger partial charge in [0.15, 0.2) is 0 Å². The van der Waals surface area contributed by atoms with Crippen LogP contribution in [-0.4, -0.2) is 19.2 Å². The summed E-state index contributed by atoms with van der Waals surface area (Å²) in [4.78, 5) is 0. The molecule has 0 aliphatic rings. The van der Waals surface area contributed by atoms with Gasteiger partial charge in [0, 0.05) is 6.92 Å². The molecule has 76 valence electrons. The van der Waals surface area contributed by atoms with E-state index >= 15 is 0 Å². The molecule has 0 rings (SSSR count). The van der Waals surface area contributed by atoms with E-state index in [0.29, 0.717) is 5.90 Å². The van der Waals surface area contributed by atoms with Crippen LogP contribution in [-0.2, 0) is 4.74 Å². The maximum Gasteiger partial charge on any atom is 0.205 e. The summed E-state index contributed by atoms with van der Waals surface area (Å²) in [5, 5.41) is 7.65. The van der Waals surface area contributed by atoms with Gasteiger partial charge < -0.3 is 4.74 Å². The van der Waals surface area contributed by atoms with E-state index in [9.17, 15) is 0 Å². The molecule has 0 aromatic rings. The third kappa shape index (κ3) is 5.94. The first-order valence-corrected chi connectivity index (χ1v) is 4.31.